The molecule has 1 aromatic heterocycles. The molecule has 0 spiro atoms. The number of aryl methyl sites for hydroxylation is 1. The van der Waals surface area contributed by atoms with Gasteiger partial charge >= 0.3 is 5.69 Å². The molecule has 0 amide bonds. The summed E-state index contributed by atoms with van der Waals surface area (Å²) in [4.78, 5) is 25.6. The van der Waals surface area contributed by atoms with Gasteiger partial charge in [-0.25, -0.2) is 9.18 Å². The molecule has 0 aromatic carbocycles. The Balaban J connectivity index is 2.36. The first-order valence-corrected chi connectivity index (χ1v) is 6.58. The van der Waals surface area contributed by atoms with Crippen LogP contribution < -0.4 is 11.2 Å². The molecule has 0 bridgehead atoms. The fourth-order valence-electron chi connectivity index (χ4n) is 2.32. The normalized spacial score (nSPS) is 30.1. The number of alkyl halides is 1. The van der Waals surface area contributed by atoms with Gasteiger partial charge in [0.25, 0.3) is 5.56 Å². The van der Waals surface area contributed by atoms with Crippen molar-refractivity contribution in [2.24, 2.45) is 0 Å². The summed E-state index contributed by atoms with van der Waals surface area (Å²) >= 11 is 0. The number of H-pyrrole nitrogens is 1. The van der Waals surface area contributed by atoms with Gasteiger partial charge in [-0.2, -0.15) is 0 Å². The largest absolute Gasteiger partial charge is 0.388 e. The Hall–Kier alpha value is -1.51. The summed E-state index contributed by atoms with van der Waals surface area (Å²) in [6.45, 7) is 0.409. The maximum atomic E-state index is 12.4. The van der Waals surface area contributed by atoms with Crippen molar-refractivity contribution in [3.63, 3.8) is 0 Å². The molecule has 118 valence electrons. The van der Waals surface area contributed by atoms with Gasteiger partial charge in [0.15, 0.2) is 0 Å². The number of nitrogens with one attached hydrogen (secondary N) is 1. The van der Waals surface area contributed by atoms with Crippen LogP contribution in [0.25, 0.3) is 0 Å². The Kier molecular flexibility index (Phi) is 4.47. The molecule has 0 radical (unpaired) electrons. The van der Waals surface area contributed by atoms with E-state index in [0.717, 1.165) is 0 Å². The third-order valence-electron chi connectivity index (χ3n) is 3.47. The van der Waals surface area contributed by atoms with Gasteiger partial charge in [0.1, 0.15) is 18.9 Å². The molecule has 1 aliphatic rings. The van der Waals surface area contributed by atoms with Crippen molar-refractivity contribution in [3.8, 4) is 0 Å². The molecule has 21 heavy (non-hydrogen) atoms. The summed E-state index contributed by atoms with van der Waals surface area (Å²) in [6.07, 6.45) is -1.47. The van der Waals surface area contributed by atoms with E-state index in [0.29, 0.717) is 5.56 Å². The van der Waals surface area contributed by atoms with Crippen molar-refractivity contribution < 1.29 is 20.3 Å². The number of hydrogen-bond donors (Lipinski definition) is 2. The zero-order chi connectivity index (χ0) is 16.3. The second-order valence-electron chi connectivity index (χ2n) is 4.93. The lowest BCUT2D eigenvalue weighted by Gasteiger charge is -2.39. The molecule has 7 nitrogen and oxygen atoms in total. The van der Waals surface area contributed by atoms with E-state index < -0.39 is 42.3 Å². The van der Waals surface area contributed by atoms with Crippen LogP contribution >= 0.6 is 0 Å². The summed E-state index contributed by atoms with van der Waals surface area (Å²) in [5.41, 5.74) is -0.834. The van der Waals surface area contributed by atoms with Crippen LogP contribution in [0.2, 0.25) is 0 Å². The highest BCUT2D eigenvalue weighted by Gasteiger charge is 2.39. The minimum absolute atomic E-state index is 0.0168. The molecule has 1 aromatic rings. The van der Waals surface area contributed by atoms with E-state index in [-0.39, 0.29) is 20.1 Å². The summed E-state index contributed by atoms with van der Waals surface area (Å²) in [5.74, 6) is 0. The van der Waals surface area contributed by atoms with Crippen LogP contribution in [-0.2, 0) is 9.47 Å². The zero-order valence-corrected chi connectivity index (χ0v) is 11.6. The van der Waals surface area contributed by atoms with Crippen LogP contribution in [0, 0.1) is 6.92 Å². The summed E-state index contributed by atoms with van der Waals surface area (Å²) in [6, 6.07) is -0.715. The third-order valence-corrected chi connectivity index (χ3v) is 3.47. The number of ether oxygens (including phenoxy) is 2. The number of nitrogens with zero attached hydrogens (tertiary/aromatic N) is 1. The van der Waals surface area contributed by atoms with Crippen molar-refractivity contribution in [1.29, 1.82) is 0 Å². The van der Waals surface area contributed by atoms with E-state index >= 15 is 0 Å². The van der Waals surface area contributed by atoms with E-state index in [1.165, 1.54) is 10.8 Å². The molecule has 0 saturated carbocycles. The van der Waals surface area contributed by atoms with Crippen molar-refractivity contribution >= 4 is 0 Å². The van der Waals surface area contributed by atoms with Gasteiger partial charge in [0.05, 0.1) is 25.4 Å². The predicted molar refractivity (Wildman–Crippen MR) is 72.2 cm³/mol. The molecular weight excluding hydrogens is 283 g/mol. The zero-order valence-electron chi connectivity index (χ0n) is 12.6. The smallest absolute Gasteiger partial charge is 0.328 e. The number of aromatic amines is 1. The number of rotatable bonds is 4. The predicted octanol–water partition coefficient (Wildman–Crippen LogP) is -0.480. The van der Waals surface area contributed by atoms with Crippen LogP contribution in [0.3, 0.4) is 0 Å². The molecule has 0 aliphatic carbocycles. The van der Waals surface area contributed by atoms with Gasteiger partial charge in [-0.3, -0.25) is 14.3 Å². The van der Waals surface area contributed by atoms with E-state index in [9.17, 15) is 19.1 Å². The Labute approximate surface area is 121 Å². The third kappa shape index (κ3) is 3.22. The van der Waals surface area contributed by atoms with Gasteiger partial charge in [-0.05, 0) is 13.8 Å². The van der Waals surface area contributed by atoms with E-state index in [1.807, 2.05) is 0 Å². The highest BCUT2D eigenvalue weighted by atomic mass is 19.1. The number of aromatic nitrogens is 2. The standard InChI is InChI=1S/C13H19FN2O5/c1-7-5-16(13(19)15-12(7)18)9-6-21-8(2)10(17)11(9)20-4-3-14/h5,8-11,17H,3-4,6H2,1-2H3,(H,15,18,19)/t8?,9-,10-,11+/m1/s1/i2D. The maximum absolute atomic E-state index is 12.4. The van der Waals surface area contributed by atoms with Gasteiger partial charge in [0.2, 0.25) is 0 Å². The SMILES string of the molecule is [2H]CC1OC[C@@H](n2cc(C)c(=O)[nH]c2=O)[C@H](OCCF)[C@@H]1O. The average molecular weight is 303 g/mol. The van der Waals surface area contributed by atoms with Crippen molar-refractivity contribution in [3.05, 3.63) is 32.6 Å². The Morgan fingerprint density at radius 2 is 2.43 bits per heavy atom. The summed E-state index contributed by atoms with van der Waals surface area (Å²) < 4.78 is 31.6. The highest BCUT2D eigenvalue weighted by Crippen LogP contribution is 2.26. The molecule has 2 heterocycles. The van der Waals surface area contributed by atoms with Crippen LogP contribution in [0.15, 0.2) is 15.8 Å². The quantitative estimate of drug-likeness (QED) is 0.783. The minimum Gasteiger partial charge on any atom is -0.388 e. The molecule has 2 rings (SSSR count). The van der Waals surface area contributed by atoms with Crippen molar-refractivity contribution in [2.45, 2.75) is 38.2 Å². The second-order valence-corrected chi connectivity index (χ2v) is 4.93. The van der Waals surface area contributed by atoms with Gasteiger partial charge in [0, 0.05) is 13.1 Å². The molecule has 4 atom stereocenters. The van der Waals surface area contributed by atoms with Crippen LogP contribution in [0.4, 0.5) is 4.39 Å². The Morgan fingerprint density at radius 3 is 3.10 bits per heavy atom. The van der Waals surface area contributed by atoms with Crippen LogP contribution in [0.5, 0.6) is 0 Å². The highest BCUT2D eigenvalue weighted by molar-refractivity contribution is 5.03. The average Bonchev–Trinajstić information content (AvgIpc) is 2.49. The molecule has 8 heteroatoms. The minimum atomic E-state index is -1.16. The van der Waals surface area contributed by atoms with Crippen molar-refractivity contribution in [1.82, 2.24) is 9.55 Å². The lowest BCUT2D eigenvalue weighted by atomic mass is 9.98. The lowest BCUT2D eigenvalue weighted by Crippen LogP contribution is -2.53. The fraction of sp³-hybridized carbons (Fsp3) is 0.692. The molecule has 1 aliphatic heterocycles. The number of aliphatic hydroxyl groups excluding tert-OH is 1. The first kappa shape index (κ1) is 14.4. The van der Waals surface area contributed by atoms with Crippen molar-refractivity contribution in [2.75, 3.05) is 19.9 Å². The molecular formula is C13H19FN2O5. The molecule has 2 N–H and O–H groups in total. The second kappa shape index (κ2) is 6.50. The Bertz CT molecular complexity index is 619. The van der Waals surface area contributed by atoms with Crippen LogP contribution in [0.1, 0.15) is 19.9 Å². The number of hydrogen-bond acceptors (Lipinski definition) is 5. The first-order valence-electron chi connectivity index (χ1n) is 7.28. The lowest BCUT2D eigenvalue weighted by molar-refractivity contribution is -0.173. The summed E-state index contributed by atoms with van der Waals surface area (Å²) in [7, 11) is 0. The monoisotopic (exact) mass is 303 g/mol. The topological polar surface area (TPSA) is 93.6 Å². The van der Waals surface area contributed by atoms with E-state index in [4.69, 9.17) is 10.8 Å². The fourth-order valence-corrected chi connectivity index (χ4v) is 2.32. The van der Waals surface area contributed by atoms with E-state index in [1.54, 1.807) is 6.92 Å². The van der Waals surface area contributed by atoms with Crippen LogP contribution in [-0.4, -0.2) is 52.9 Å². The van der Waals surface area contributed by atoms with Gasteiger partial charge in [-0.1, -0.05) is 0 Å². The van der Waals surface area contributed by atoms with E-state index in [2.05, 4.69) is 4.98 Å². The molecule has 1 saturated heterocycles. The Morgan fingerprint density at radius 1 is 1.67 bits per heavy atom. The molecule has 1 unspecified atom stereocenters. The molecule has 1 fully saturated rings. The van der Waals surface area contributed by atoms with Gasteiger partial charge in [-0.15, -0.1) is 0 Å². The maximum Gasteiger partial charge on any atom is 0.328 e. The number of aliphatic hydroxyl groups is 1. The first-order chi connectivity index (χ1) is 10.5. The summed E-state index contributed by atoms with van der Waals surface area (Å²) in [5, 5.41) is 10.2. The number of halogens is 1. The van der Waals surface area contributed by atoms with Gasteiger partial charge < -0.3 is 14.6 Å².